The second-order valence-electron chi connectivity index (χ2n) is 5.93. The van der Waals surface area contributed by atoms with E-state index in [9.17, 15) is 0 Å². The molecule has 0 saturated heterocycles. The molecule has 1 unspecified atom stereocenters. The van der Waals surface area contributed by atoms with Crippen LogP contribution in [0.5, 0.6) is 0 Å². The van der Waals surface area contributed by atoms with Crippen molar-refractivity contribution >= 4 is 10.9 Å². The summed E-state index contributed by atoms with van der Waals surface area (Å²) in [6.07, 6.45) is 2.37. The summed E-state index contributed by atoms with van der Waals surface area (Å²) in [6, 6.07) is 8.86. The minimum atomic E-state index is 0.230. The second kappa shape index (κ2) is 6.91. The first kappa shape index (κ1) is 15.1. The lowest BCUT2D eigenvalue weighted by Crippen LogP contribution is -2.19. The third-order valence-corrected chi connectivity index (χ3v) is 3.58. The van der Waals surface area contributed by atoms with E-state index in [1.807, 2.05) is 0 Å². The molecule has 0 bridgehead atoms. The summed E-state index contributed by atoms with van der Waals surface area (Å²) in [5.41, 5.74) is 2.63. The molecular weight excluding hydrogens is 248 g/mol. The van der Waals surface area contributed by atoms with Crippen molar-refractivity contribution in [2.24, 2.45) is 5.92 Å². The number of fused-ring (bicyclic) bond motifs is 1. The molecule has 1 heterocycles. The van der Waals surface area contributed by atoms with Crippen molar-refractivity contribution in [1.82, 2.24) is 9.88 Å². The zero-order valence-electron chi connectivity index (χ0n) is 13.0. The highest BCUT2D eigenvalue weighted by molar-refractivity contribution is 5.80. The Morgan fingerprint density at radius 1 is 1.20 bits per heavy atom. The van der Waals surface area contributed by atoms with Crippen LogP contribution in [0, 0.1) is 5.92 Å². The molecule has 0 saturated carbocycles. The summed E-state index contributed by atoms with van der Waals surface area (Å²) in [6.45, 7) is 9.43. The summed E-state index contributed by atoms with van der Waals surface area (Å²) >= 11 is 0. The molecule has 0 aliphatic carbocycles. The maximum Gasteiger partial charge on any atom is 0.0722 e. The number of aromatic nitrogens is 1. The van der Waals surface area contributed by atoms with Gasteiger partial charge in [0.2, 0.25) is 0 Å². The highest BCUT2D eigenvalue weighted by atomic mass is 16.5. The first-order chi connectivity index (χ1) is 9.60. The van der Waals surface area contributed by atoms with E-state index in [4.69, 9.17) is 4.74 Å². The fourth-order valence-electron chi connectivity index (χ4n) is 2.36. The van der Waals surface area contributed by atoms with Crippen molar-refractivity contribution < 1.29 is 4.74 Å². The minimum Gasteiger partial charge on any atom is -0.380 e. The van der Waals surface area contributed by atoms with Gasteiger partial charge in [0.15, 0.2) is 0 Å². The van der Waals surface area contributed by atoms with Crippen LogP contribution in [-0.4, -0.2) is 24.3 Å². The molecule has 2 aromatic rings. The average Bonchev–Trinajstić information content (AvgIpc) is 2.81. The van der Waals surface area contributed by atoms with Gasteiger partial charge in [0.1, 0.15) is 0 Å². The van der Waals surface area contributed by atoms with Crippen LogP contribution >= 0.6 is 0 Å². The molecule has 1 atom stereocenters. The summed E-state index contributed by atoms with van der Waals surface area (Å²) in [7, 11) is 1.76. The molecule has 0 aliphatic rings. The molecule has 20 heavy (non-hydrogen) atoms. The molecular formula is C17H26N2O. The van der Waals surface area contributed by atoms with Crippen molar-refractivity contribution in [2.45, 2.75) is 40.0 Å². The van der Waals surface area contributed by atoms with Crippen molar-refractivity contribution in [3.8, 4) is 0 Å². The Balaban J connectivity index is 2.12. The van der Waals surface area contributed by atoms with Gasteiger partial charge in [0, 0.05) is 31.9 Å². The molecule has 0 aliphatic heterocycles. The van der Waals surface area contributed by atoms with Crippen LogP contribution in [0.15, 0.2) is 30.5 Å². The highest BCUT2D eigenvalue weighted by Gasteiger charge is 2.06. The van der Waals surface area contributed by atoms with Gasteiger partial charge in [-0.25, -0.2) is 0 Å². The third-order valence-electron chi connectivity index (χ3n) is 3.58. The second-order valence-corrected chi connectivity index (χ2v) is 5.93. The molecule has 110 valence electrons. The van der Waals surface area contributed by atoms with E-state index in [0.29, 0.717) is 5.92 Å². The van der Waals surface area contributed by atoms with E-state index in [2.05, 4.69) is 61.1 Å². The number of rotatable bonds is 7. The van der Waals surface area contributed by atoms with Gasteiger partial charge in [0.25, 0.3) is 0 Å². The number of benzene rings is 1. The Labute approximate surface area is 121 Å². The fourth-order valence-corrected chi connectivity index (χ4v) is 2.36. The monoisotopic (exact) mass is 274 g/mol. The molecule has 1 aromatic carbocycles. The highest BCUT2D eigenvalue weighted by Crippen LogP contribution is 2.18. The summed E-state index contributed by atoms with van der Waals surface area (Å²) in [4.78, 5) is 0. The first-order valence-corrected chi connectivity index (χ1v) is 7.41. The number of ether oxygens (including phenoxy) is 1. The molecule has 0 amide bonds. The Morgan fingerprint density at radius 3 is 2.70 bits per heavy atom. The van der Waals surface area contributed by atoms with E-state index in [0.717, 1.165) is 19.6 Å². The standard InChI is InChI=1S/C17H26N2O/c1-13(2)10-18-11-15-5-6-16-7-8-19(17(16)9-15)12-14(3)20-4/h5-9,13-14,18H,10-12H2,1-4H3. The molecule has 3 nitrogen and oxygen atoms in total. The Hall–Kier alpha value is -1.32. The lowest BCUT2D eigenvalue weighted by atomic mass is 10.1. The van der Waals surface area contributed by atoms with E-state index in [-0.39, 0.29) is 6.10 Å². The number of nitrogens with one attached hydrogen (secondary N) is 1. The molecule has 0 radical (unpaired) electrons. The van der Waals surface area contributed by atoms with Gasteiger partial charge in [-0.15, -0.1) is 0 Å². The SMILES string of the molecule is COC(C)Cn1ccc2ccc(CNCC(C)C)cc21. The predicted octanol–water partition coefficient (Wildman–Crippen LogP) is 3.42. The van der Waals surface area contributed by atoms with Crippen LogP contribution < -0.4 is 5.32 Å². The van der Waals surface area contributed by atoms with E-state index in [1.165, 1.54) is 16.5 Å². The number of hydrogen-bond acceptors (Lipinski definition) is 2. The number of methoxy groups -OCH3 is 1. The molecule has 0 fully saturated rings. The van der Waals surface area contributed by atoms with E-state index >= 15 is 0 Å². The topological polar surface area (TPSA) is 26.2 Å². The Morgan fingerprint density at radius 2 is 2.00 bits per heavy atom. The number of nitrogens with zero attached hydrogens (tertiary/aromatic N) is 1. The van der Waals surface area contributed by atoms with Gasteiger partial charge >= 0.3 is 0 Å². The van der Waals surface area contributed by atoms with Gasteiger partial charge in [-0.05, 0) is 42.5 Å². The third kappa shape index (κ3) is 3.84. The first-order valence-electron chi connectivity index (χ1n) is 7.41. The van der Waals surface area contributed by atoms with Gasteiger partial charge in [0.05, 0.1) is 6.10 Å². The summed E-state index contributed by atoms with van der Waals surface area (Å²) in [5.74, 6) is 0.685. The summed E-state index contributed by atoms with van der Waals surface area (Å²) in [5, 5.41) is 4.79. The van der Waals surface area contributed by atoms with Gasteiger partial charge in [-0.3, -0.25) is 0 Å². The largest absolute Gasteiger partial charge is 0.380 e. The lowest BCUT2D eigenvalue weighted by Gasteiger charge is -2.12. The van der Waals surface area contributed by atoms with E-state index < -0.39 is 0 Å². The molecule has 2 rings (SSSR count). The maximum absolute atomic E-state index is 5.36. The van der Waals surface area contributed by atoms with Crippen LogP contribution in [0.1, 0.15) is 26.3 Å². The Bertz CT molecular complexity index is 545. The van der Waals surface area contributed by atoms with Crippen molar-refractivity contribution in [3.05, 3.63) is 36.0 Å². The van der Waals surface area contributed by atoms with Crippen molar-refractivity contribution in [2.75, 3.05) is 13.7 Å². The zero-order valence-corrected chi connectivity index (χ0v) is 13.0. The fraction of sp³-hybridized carbons (Fsp3) is 0.529. The Kier molecular flexibility index (Phi) is 5.21. The van der Waals surface area contributed by atoms with Crippen LogP contribution in [0.25, 0.3) is 10.9 Å². The predicted molar refractivity (Wildman–Crippen MR) is 85.0 cm³/mol. The smallest absolute Gasteiger partial charge is 0.0722 e. The lowest BCUT2D eigenvalue weighted by molar-refractivity contribution is 0.104. The van der Waals surface area contributed by atoms with E-state index in [1.54, 1.807) is 7.11 Å². The minimum absolute atomic E-state index is 0.230. The maximum atomic E-state index is 5.36. The normalized spacial score (nSPS) is 13.2. The van der Waals surface area contributed by atoms with Gasteiger partial charge in [-0.1, -0.05) is 26.0 Å². The molecule has 3 heteroatoms. The van der Waals surface area contributed by atoms with Crippen LogP contribution in [0.4, 0.5) is 0 Å². The van der Waals surface area contributed by atoms with Crippen LogP contribution in [0.3, 0.4) is 0 Å². The summed E-state index contributed by atoms with van der Waals surface area (Å²) < 4.78 is 7.63. The number of hydrogen-bond donors (Lipinski definition) is 1. The van der Waals surface area contributed by atoms with Crippen molar-refractivity contribution in [1.29, 1.82) is 0 Å². The average molecular weight is 274 g/mol. The quantitative estimate of drug-likeness (QED) is 0.837. The van der Waals surface area contributed by atoms with Crippen molar-refractivity contribution in [3.63, 3.8) is 0 Å². The zero-order chi connectivity index (χ0) is 14.5. The van der Waals surface area contributed by atoms with Gasteiger partial charge in [-0.2, -0.15) is 0 Å². The molecule has 1 N–H and O–H groups in total. The molecule has 0 spiro atoms. The van der Waals surface area contributed by atoms with Gasteiger partial charge < -0.3 is 14.6 Å². The van der Waals surface area contributed by atoms with Crippen LogP contribution in [0.2, 0.25) is 0 Å². The van der Waals surface area contributed by atoms with Crippen LogP contribution in [-0.2, 0) is 17.8 Å². The molecule has 1 aromatic heterocycles.